The molecule has 0 spiro atoms. The summed E-state index contributed by atoms with van der Waals surface area (Å²) in [6, 6.07) is 1.60. The minimum atomic E-state index is -0.300. The Bertz CT molecular complexity index is 708. The lowest BCUT2D eigenvalue weighted by molar-refractivity contribution is -0.120. The number of amides is 2. The van der Waals surface area contributed by atoms with Gasteiger partial charge in [-0.2, -0.15) is 0 Å². The largest absolute Gasteiger partial charge is 0.334 e. The van der Waals surface area contributed by atoms with Crippen LogP contribution in [0.2, 0.25) is 0 Å². The highest BCUT2D eigenvalue weighted by Crippen LogP contribution is 2.24. The molecule has 1 heterocycles. The van der Waals surface area contributed by atoms with Crippen LogP contribution < -0.4 is 10.9 Å². The minimum Gasteiger partial charge on any atom is -0.334 e. The Labute approximate surface area is 155 Å². The molecule has 0 radical (unpaired) electrons. The van der Waals surface area contributed by atoms with Gasteiger partial charge in [-0.15, -0.1) is 0 Å². The molecule has 1 aromatic rings. The van der Waals surface area contributed by atoms with Crippen LogP contribution in [0.3, 0.4) is 0 Å². The summed E-state index contributed by atoms with van der Waals surface area (Å²) in [5, 5.41) is 2.77. The van der Waals surface area contributed by atoms with E-state index in [9.17, 15) is 14.4 Å². The fourth-order valence-corrected chi connectivity index (χ4v) is 3.73. The Morgan fingerprint density at radius 3 is 2.23 bits per heavy atom. The number of nitrogens with one attached hydrogen (secondary N) is 1. The molecule has 1 aliphatic carbocycles. The van der Waals surface area contributed by atoms with Crippen molar-refractivity contribution >= 4 is 17.5 Å². The van der Waals surface area contributed by atoms with E-state index in [0.717, 1.165) is 32.1 Å². The normalized spacial score (nSPS) is 15.3. The van der Waals surface area contributed by atoms with Gasteiger partial charge in [0.25, 0.3) is 11.5 Å². The predicted octanol–water partition coefficient (Wildman–Crippen LogP) is 3.16. The number of hydrogen-bond acceptors (Lipinski definition) is 3. The second kappa shape index (κ2) is 8.52. The van der Waals surface area contributed by atoms with Crippen LogP contribution in [0, 0.1) is 5.92 Å². The van der Waals surface area contributed by atoms with E-state index >= 15 is 0 Å². The fraction of sp³-hybridized carbons (Fsp3) is 0.650. The van der Waals surface area contributed by atoms with Crippen molar-refractivity contribution in [3.63, 3.8) is 0 Å². The van der Waals surface area contributed by atoms with Crippen molar-refractivity contribution in [3.05, 3.63) is 28.2 Å². The van der Waals surface area contributed by atoms with Crippen molar-refractivity contribution < 1.29 is 9.59 Å². The predicted molar refractivity (Wildman–Crippen MR) is 103 cm³/mol. The number of pyridine rings is 1. The molecule has 26 heavy (non-hydrogen) atoms. The van der Waals surface area contributed by atoms with E-state index in [4.69, 9.17) is 0 Å². The van der Waals surface area contributed by atoms with Gasteiger partial charge in [0.1, 0.15) is 5.69 Å². The zero-order chi connectivity index (χ0) is 19.4. The SMILES string of the molecule is CC(C)N(C(=O)c1cc(NC(=O)C2CCCCC2)c(=O)n(C)c1)C(C)C. The first kappa shape index (κ1) is 20.2. The molecule has 0 atom stereocenters. The molecular weight excluding hydrogens is 330 g/mol. The molecule has 6 heteroatoms. The average molecular weight is 361 g/mol. The molecule has 2 rings (SSSR count). The van der Waals surface area contributed by atoms with Crippen LogP contribution in [0.1, 0.15) is 70.2 Å². The van der Waals surface area contributed by atoms with E-state index < -0.39 is 0 Å². The Morgan fingerprint density at radius 1 is 1.12 bits per heavy atom. The van der Waals surface area contributed by atoms with Crippen LogP contribution in [0.5, 0.6) is 0 Å². The molecule has 1 N–H and O–H groups in total. The number of carbonyl (C=O) groups is 2. The molecule has 0 aromatic carbocycles. The van der Waals surface area contributed by atoms with Crippen LogP contribution in [0.15, 0.2) is 17.1 Å². The second-order valence-electron chi connectivity index (χ2n) is 7.78. The standard InChI is InChI=1S/C20H31N3O3/c1-13(2)23(14(3)4)19(25)16-11-17(20(26)22(5)12-16)21-18(24)15-9-7-6-8-10-15/h11-15H,6-10H2,1-5H3,(H,21,24). The maximum Gasteiger partial charge on any atom is 0.274 e. The molecule has 0 bridgehead atoms. The second-order valence-corrected chi connectivity index (χ2v) is 7.78. The highest BCUT2D eigenvalue weighted by molar-refractivity contribution is 5.97. The van der Waals surface area contributed by atoms with Crippen LogP contribution in [-0.4, -0.2) is 33.4 Å². The molecule has 1 aromatic heterocycles. The molecule has 2 amide bonds. The first-order valence-electron chi connectivity index (χ1n) is 9.56. The smallest absolute Gasteiger partial charge is 0.274 e. The summed E-state index contributed by atoms with van der Waals surface area (Å²) >= 11 is 0. The lowest BCUT2D eigenvalue weighted by Crippen LogP contribution is -2.42. The number of carbonyl (C=O) groups excluding carboxylic acids is 2. The van der Waals surface area contributed by atoms with Crippen molar-refractivity contribution in [2.75, 3.05) is 5.32 Å². The number of anilines is 1. The first-order chi connectivity index (χ1) is 12.2. The van der Waals surface area contributed by atoms with Crippen molar-refractivity contribution in [1.29, 1.82) is 0 Å². The van der Waals surface area contributed by atoms with Gasteiger partial charge in [0.15, 0.2) is 0 Å². The van der Waals surface area contributed by atoms with Crippen molar-refractivity contribution in [2.24, 2.45) is 13.0 Å². The number of aromatic nitrogens is 1. The third kappa shape index (κ3) is 4.54. The first-order valence-corrected chi connectivity index (χ1v) is 9.56. The molecule has 1 aliphatic rings. The van der Waals surface area contributed by atoms with Crippen LogP contribution in [0.4, 0.5) is 5.69 Å². The van der Waals surface area contributed by atoms with Crippen molar-refractivity contribution in [3.8, 4) is 0 Å². The summed E-state index contributed by atoms with van der Waals surface area (Å²) in [4.78, 5) is 39.6. The zero-order valence-corrected chi connectivity index (χ0v) is 16.5. The molecule has 0 unspecified atom stereocenters. The highest BCUT2D eigenvalue weighted by atomic mass is 16.2. The number of hydrogen-bond donors (Lipinski definition) is 1. The Hall–Kier alpha value is -2.11. The third-order valence-electron chi connectivity index (χ3n) is 5.01. The molecule has 144 valence electrons. The third-order valence-corrected chi connectivity index (χ3v) is 5.01. The number of aryl methyl sites for hydroxylation is 1. The van der Waals surface area contributed by atoms with Gasteiger partial charge in [-0.25, -0.2) is 0 Å². The summed E-state index contributed by atoms with van der Waals surface area (Å²) in [6.07, 6.45) is 6.52. The van der Waals surface area contributed by atoms with Gasteiger partial charge in [0, 0.05) is 31.2 Å². The van der Waals surface area contributed by atoms with Gasteiger partial charge in [-0.3, -0.25) is 14.4 Å². The van der Waals surface area contributed by atoms with Crippen LogP contribution >= 0.6 is 0 Å². The van der Waals surface area contributed by atoms with E-state index in [1.165, 1.54) is 10.6 Å². The summed E-state index contributed by atoms with van der Waals surface area (Å²) < 4.78 is 1.36. The maximum atomic E-state index is 12.9. The van der Waals surface area contributed by atoms with Gasteiger partial charge in [0.05, 0.1) is 5.56 Å². The Kier molecular flexibility index (Phi) is 6.62. The molecule has 1 fully saturated rings. The summed E-state index contributed by atoms with van der Waals surface area (Å²) in [5.41, 5.74) is 0.293. The Morgan fingerprint density at radius 2 is 1.69 bits per heavy atom. The van der Waals surface area contributed by atoms with E-state index in [1.807, 2.05) is 27.7 Å². The number of rotatable bonds is 5. The lowest BCUT2D eigenvalue weighted by atomic mass is 9.88. The molecule has 0 aliphatic heterocycles. The topological polar surface area (TPSA) is 71.4 Å². The van der Waals surface area contributed by atoms with Crippen molar-refractivity contribution in [2.45, 2.75) is 71.9 Å². The van der Waals surface area contributed by atoms with Gasteiger partial charge in [0.2, 0.25) is 5.91 Å². The maximum absolute atomic E-state index is 12.9. The molecule has 1 saturated carbocycles. The fourth-order valence-electron chi connectivity index (χ4n) is 3.73. The van der Waals surface area contributed by atoms with Gasteiger partial charge in [-0.1, -0.05) is 19.3 Å². The summed E-state index contributed by atoms with van der Waals surface area (Å²) in [7, 11) is 1.60. The minimum absolute atomic E-state index is 0.0417. The lowest BCUT2D eigenvalue weighted by Gasteiger charge is -2.31. The highest BCUT2D eigenvalue weighted by Gasteiger charge is 2.25. The van der Waals surface area contributed by atoms with Crippen molar-refractivity contribution in [1.82, 2.24) is 9.47 Å². The Balaban J connectivity index is 2.29. The summed E-state index contributed by atoms with van der Waals surface area (Å²) in [5.74, 6) is -0.301. The number of nitrogens with zero attached hydrogens (tertiary/aromatic N) is 2. The van der Waals surface area contributed by atoms with Crippen LogP contribution in [-0.2, 0) is 11.8 Å². The van der Waals surface area contributed by atoms with E-state index in [2.05, 4.69) is 5.32 Å². The molecular formula is C20H31N3O3. The van der Waals surface area contributed by atoms with Crippen LogP contribution in [0.25, 0.3) is 0 Å². The van der Waals surface area contributed by atoms with E-state index in [-0.39, 0.29) is 41.1 Å². The quantitative estimate of drug-likeness (QED) is 0.876. The van der Waals surface area contributed by atoms with E-state index in [1.54, 1.807) is 18.1 Å². The van der Waals surface area contributed by atoms with Gasteiger partial charge >= 0.3 is 0 Å². The average Bonchev–Trinajstić information content (AvgIpc) is 2.58. The zero-order valence-electron chi connectivity index (χ0n) is 16.5. The van der Waals surface area contributed by atoms with Gasteiger partial charge < -0.3 is 14.8 Å². The monoisotopic (exact) mass is 361 g/mol. The van der Waals surface area contributed by atoms with E-state index in [0.29, 0.717) is 5.56 Å². The summed E-state index contributed by atoms with van der Waals surface area (Å²) in [6.45, 7) is 7.86. The molecule has 6 nitrogen and oxygen atoms in total. The molecule has 0 saturated heterocycles. The van der Waals surface area contributed by atoms with Gasteiger partial charge in [-0.05, 0) is 46.6 Å².